The highest BCUT2D eigenvalue weighted by atomic mass is 28.3. The molecule has 2 unspecified atom stereocenters. The van der Waals surface area contributed by atoms with E-state index < -0.39 is 9.04 Å². The second-order valence-corrected chi connectivity index (χ2v) is 13.1. The average molecular weight is 533 g/mol. The molecule has 4 rings (SSSR count). The molecule has 1 aliphatic heterocycles. The second kappa shape index (κ2) is 11.1. The smallest absolute Gasteiger partial charge is 0.259 e. The van der Waals surface area contributed by atoms with Crippen LogP contribution in [0.4, 0.5) is 15.8 Å². The molecule has 1 saturated heterocycles. The number of aromatic nitrogens is 2. The molecule has 199 valence electrons. The highest BCUT2D eigenvalue weighted by Crippen LogP contribution is 2.40. The van der Waals surface area contributed by atoms with E-state index in [9.17, 15) is 14.4 Å². The monoisotopic (exact) mass is 532 g/mol. The van der Waals surface area contributed by atoms with Gasteiger partial charge in [-0.05, 0) is 86.7 Å². The summed E-state index contributed by atoms with van der Waals surface area (Å²) in [6, 6.07) is 13.7. The molecule has 38 heavy (non-hydrogen) atoms. The van der Waals surface area contributed by atoms with Crippen LogP contribution in [0.2, 0.25) is 13.1 Å². The lowest BCUT2D eigenvalue weighted by Crippen LogP contribution is -2.48. The maximum Gasteiger partial charge on any atom is 0.259 e. The molecule has 1 N–H and O–H groups in total. The number of hydrogen-bond donors (Lipinski definition) is 1. The van der Waals surface area contributed by atoms with E-state index in [1.165, 1.54) is 18.3 Å². The topological polar surface area (TPSA) is 83.2 Å². The summed E-state index contributed by atoms with van der Waals surface area (Å²) in [5.41, 5.74) is 3.73. The minimum atomic E-state index is -0.947. The van der Waals surface area contributed by atoms with Gasteiger partial charge in [0.2, 0.25) is 9.04 Å². The number of carbonyl (C=O) groups excluding carboxylic acids is 1. The quantitative estimate of drug-likeness (QED) is 0.377. The van der Waals surface area contributed by atoms with E-state index in [1.54, 1.807) is 29.8 Å². The highest BCUT2D eigenvalue weighted by molar-refractivity contribution is 6.48. The number of nitrogens with zero attached hydrogens (tertiary/aromatic N) is 4. The Morgan fingerprint density at radius 1 is 1.21 bits per heavy atom. The van der Waals surface area contributed by atoms with Gasteiger partial charge < -0.3 is 14.6 Å². The molecule has 0 bridgehead atoms. The molecule has 3 aromatic rings. The van der Waals surface area contributed by atoms with E-state index in [-0.39, 0.29) is 23.4 Å². The summed E-state index contributed by atoms with van der Waals surface area (Å²) in [5, 5.41) is 17.2. The first-order valence-corrected chi connectivity index (χ1v) is 15.3. The Balaban J connectivity index is 1.55. The van der Waals surface area contributed by atoms with Gasteiger partial charge in [0, 0.05) is 12.2 Å². The number of halogens is 1. The lowest BCUT2D eigenvalue weighted by atomic mass is 9.74. The summed E-state index contributed by atoms with van der Waals surface area (Å²) >= 11 is 0. The minimum Gasteiger partial charge on any atom is -0.397 e. The van der Waals surface area contributed by atoms with Crippen LogP contribution in [0.5, 0.6) is 0 Å². The van der Waals surface area contributed by atoms with E-state index in [0.29, 0.717) is 34.1 Å². The van der Waals surface area contributed by atoms with Gasteiger partial charge in [-0.3, -0.25) is 4.79 Å². The summed E-state index contributed by atoms with van der Waals surface area (Å²) in [5.74, 6) is -0.132. The zero-order chi connectivity index (χ0) is 27.6. The van der Waals surface area contributed by atoms with Gasteiger partial charge in [0.25, 0.3) is 5.91 Å². The van der Waals surface area contributed by atoms with Crippen LogP contribution in [0.1, 0.15) is 55.2 Å². The number of hydrogen-bond acceptors (Lipinski definition) is 5. The van der Waals surface area contributed by atoms with Crippen molar-refractivity contribution in [2.45, 2.75) is 59.9 Å². The summed E-state index contributed by atoms with van der Waals surface area (Å²) in [6.07, 6.45) is 3.35. The molecule has 1 radical (unpaired) electrons. The summed E-state index contributed by atoms with van der Waals surface area (Å²) in [7, 11) is -0.947. The van der Waals surface area contributed by atoms with Gasteiger partial charge in [0.1, 0.15) is 18.1 Å². The van der Waals surface area contributed by atoms with Crippen LogP contribution in [-0.2, 0) is 4.43 Å². The standard InChI is InChI=1S/C29H35FN5O2Si/c1-19-25(18-32-35(19)24-10-7-22(30)8-11-24)28(36)33-23-9-12-26(20(15-23)17-31)34-14-13-21(29(2,3)4)16-27(34)37-38(5)6/h7-12,15,18,21,27H,13-14,16H2,1-6H3,(H,33,36). The largest absolute Gasteiger partial charge is 0.397 e. The molecule has 0 spiro atoms. The van der Waals surface area contributed by atoms with Gasteiger partial charge in [-0.1, -0.05) is 20.8 Å². The third-order valence-electron chi connectivity index (χ3n) is 7.16. The predicted octanol–water partition coefficient (Wildman–Crippen LogP) is 6.30. The van der Waals surface area contributed by atoms with Crippen molar-refractivity contribution in [3.63, 3.8) is 0 Å². The van der Waals surface area contributed by atoms with Crippen molar-refractivity contribution in [3.8, 4) is 11.8 Å². The first-order valence-electron chi connectivity index (χ1n) is 12.9. The molecule has 0 saturated carbocycles. The predicted molar refractivity (Wildman–Crippen MR) is 149 cm³/mol. The molecule has 2 heterocycles. The third kappa shape index (κ3) is 5.98. The van der Waals surface area contributed by atoms with Crippen LogP contribution < -0.4 is 10.2 Å². The number of nitrogens with one attached hydrogen (secondary N) is 1. The number of anilines is 2. The van der Waals surface area contributed by atoms with E-state index >= 15 is 0 Å². The fraction of sp³-hybridized carbons (Fsp3) is 0.414. The Kier molecular flexibility index (Phi) is 8.04. The molecule has 1 amide bonds. The van der Waals surface area contributed by atoms with Gasteiger partial charge >= 0.3 is 0 Å². The maximum absolute atomic E-state index is 13.3. The van der Waals surface area contributed by atoms with Crippen LogP contribution >= 0.6 is 0 Å². The van der Waals surface area contributed by atoms with E-state index in [2.05, 4.69) is 55.2 Å². The third-order valence-corrected chi connectivity index (χ3v) is 7.90. The van der Waals surface area contributed by atoms with Gasteiger partial charge in [-0.2, -0.15) is 10.4 Å². The lowest BCUT2D eigenvalue weighted by molar-refractivity contribution is 0.0850. The first kappa shape index (κ1) is 27.5. The van der Waals surface area contributed by atoms with Gasteiger partial charge in [-0.15, -0.1) is 0 Å². The molecule has 2 atom stereocenters. The molecule has 7 nitrogen and oxygen atoms in total. The number of amides is 1. The fourth-order valence-electron chi connectivity index (χ4n) is 5.00. The number of carbonyl (C=O) groups is 1. The molecule has 0 aliphatic carbocycles. The van der Waals surface area contributed by atoms with Crippen LogP contribution in [0.15, 0.2) is 48.7 Å². The van der Waals surface area contributed by atoms with Gasteiger partial charge in [0.05, 0.1) is 34.4 Å². The van der Waals surface area contributed by atoms with Crippen molar-refractivity contribution >= 4 is 26.3 Å². The Morgan fingerprint density at radius 2 is 1.92 bits per heavy atom. The number of piperidine rings is 1. The molecule has 1 fully saturated rings. The van der Waals surface area contributed by atoms with Crippen LogP contribution in [0.25, 0.3) is 5.69 Å². The van der Waals surface area contributed by atoms with Gasteiger partial charge in [-0.25, -0.2) is 9.07 Å². The van der Waals surface area contributed by atoms with Crippen molar-refractivity contribution < 1.29 is 13.6 Å². The van der Waals surface area contributed by atoms with Crippen molar-refractivity contribution in [1.29, 1.82) is 5.26 Å². The summed E-state index contributed by atoms with van der Waals surface area (Å²) in [6.45, 7) is 13.7. The SMILES string of the molecule is Cc1c(C(=O)Nc2ccc(N3CCC(C(C)(C)C)CC3O[Si](C)C)c(C#N)c2)cnn1-c1ccc(F)cc1. The van der Waals surface area contributed by atoms with Crippen LogP contribution in [-0.4, -0.2) is 37.5 Å². The van der Waals surface area contributed by atoms with Gasteiger partial charge in [0.15, 0.2) is 0 Å². The molecule has 1 aromatic heterocycles. The maximum atomic E-state index is 13.3. The summed E-state index contributed by atoms with van der Waals surface area (Å²) in [4.78, 5) is 15.3. The fourth-order valence-corrected chi connectivity index (χ4v) is 5.77. The van der Waals surface area contributed by atoms with Crippen molar-refractivity contribution in [3.05, 3.63) is 71.3 Å². The molecule has 1 aliphatic rings. The molecular formula is C29H35FN5O2Si. The normalized spacial score (nSPS) is 17.9. The highest BCUT2D eigenvalue weighted by Gasteiger charge is 2.36. The zero-order valence-corrected chi connectivity index (χ0v) is 23.9. The lowest BCUT2D eigenvalue weighted by Gasteiger charge is -2.45. The average Bonchev–Trinajstić information content (AvgIpc) is 3.25. The first-order chi connectivity index (χ1) is 18.0. The minimum absolute atomic E-state index is 0.0793. The Bertz CT molecular complexity index is 1340. The van der Waals surface area contributed by atoms with E-state index in [4.69, 9.17) is 4.43 Å². The Morgan fingerprint density at radius 3 is 2.55 bits per heavy atom. The number of nitriles is 1. The summed E-state index contributed by atoms with van der Waals surface area (Å²) < 4.78 is 21.3. The van der Waals surface area contributed by atoms with E-state index in [1.807, 2.05) is 12.1 Å². The van der Waals surface area contributed by atoms with E-state index in [0.717, 1.165) is 25.1 Å². The van der Waals surface area contributed by atoms with Crippen LogP contribution in [0, 0.1) is 35.4 Å². The molecular weight excluding hydrogens is 497 g/mol. The second-order valence-electron chi connectivity index (χ2n) is 11.1. The molecule has 2 aromatic carbocycles. The Labute approximate surface area is 226 Å². The van der Waals surface area contributed by atoms with Crippen molar-refractivity contribution in [1.82, 2.24) is 9.78 Å². The van der Waals surface area contributed by atoms with Crippen molar-refractivity contribution in [2.75, 3.05) is 16.8 Å². The van der Waals surface area contributed by atoms with Crippen molar-refractivity contribution in [2.24, 2.45) is 11.3 Å². The van der Waals surface area contributed by atoms with Crippen LogP contribution in [0.3, 0.4) is 0 Å². The molecule has 9 heteroatoms. The Hall–Kier alpha value is -3.48. The number of benzene rings is 2. The zero-order valence-electron chi connectivity index (χ0n) is 22.9. The number of rotatable bonds is 6.